The van der Waals surface area contributed by atoms with Crippen LogP contribution in [0.5, 0.6) is 0 Å². The summed E-state index contributed by atoms with van der Waals surface area (Å²) in [4.78, 5) is 11.0. The summed E-state index contributed by atoms with van der Waals surface area (Å²) in [6.07, 6.45) is -4.65. The van der Waals surface area contributed by atoms with E-state index in [1.807, 2.05) is 5.32 Å². The zero-order chi connectivity index (χ0) is 13.1. The highest BCUT2D eigenvalue weighted by molar-refractivity contribution is 6.29. The maximum absolute atomic E-state index is 12.6. The van der Waals surface area contributed by atoms with E-state index in [-0.39, 0.29) is 5.56 Å². The lowest BCUT2D eigenvalue weighted by Crippen LogP contribution is -2.18. The van der Waals surface area contributed by atoms with Gasteiger partial charge in [-0.25, -0.2) is 0 Å². The highest BCUT2D eigenvalue weighted by Crippen LogP contribution is 2.36. The van der Waals surface area contributed by atoms with E-state index in [1.54, 1.807) is 6.07 Å². The number of nitrogens with one attached hydrogen (secondary N) is 1. The third-order valence-electron chi connectivity index (χ3n) is 1.88. The molecule has 0 heterocycles. The van der Waals surface area contributed by atoms with E-state index in [4.69, 9.17) is 16.9 Å². The summed E-state index contributed by atoms with van der Waals surface area (Å²) in [5.41, 5.74) is -1.90. The van der Waals surface area contributed by atoms with Crippen molar-refractivity contribution in [3.8, 4) is 6.07 Å². The number of amides is 1. The normalized spacial score (nSPS) is 10.8. The van der Waals surface area contributed by atoms with Crippen molar-refractivity contribution < 1.29 is 18.0 Å². The number of halogens is 4. The summed E-state index contributed by atoms with van der Waals surface area (Å²) >= 11 is 5.19. The van der Waals surface area contributed by atoms with Gasteiger partial charge < -0.3 is 5.32 Å². The molecule has 0 aromatic heterocycles. The first-order valence-corrected chi connectivity index (χ1v) is 4.89. The minimum Gasteiger partial charge on any atom is -0.323 e. The average molecular weight is 263 g/mol. The van der Waals surface area contributed by atoms with Crippen molar-refractivity contribution >= 4 is 23.2 Å². The van der Waals surface area contributed by atoms with E-state index in [2.05, 4.69) is 0 Å². The van der Waals surface area contributed by atoms with Gasteiger partial charge in [-0.05, 0) is 12.1 Å². The molecule has 17 heavy (non-hydrogen) atoms. The highest BCUT2D eigenvalue weighted by Gasteiger charge is 2.34. The van der Waals surface area contributed by atoms with Crippen LogP contribution in [0.1, 0.15) is 11.1 Å². The van der Waals surface area contributed by atoms with Crippen molar-refractivity contribution in [1.29, 1.82) is 5.26 Å². The number of hydrogen-bond donors (Lipinski definition) is 1. The molecule has 0 aliphatic heterocycles. The Hall–Kier alpha value is -1.74. The Labute approximate surface area is 99.8 Å². The average Bonchev–Trinajstić information content (AvgIpc) is 2.27. The van der Waals surface area contributed by atoms with E-state index < -0.39 is 29.2 Å². The first kappa shape index (κ1) is 13.3. The molecule has 0 bridgehead atoms. The molecule has 3 nitrogen and oxygen atoms in total. The number of nitrogens with zero attached hydrogens (tertiary/aromatic N) is 1. The van der Waals surface area contributed by atoms with Crippen LogP contribution in [0.4, 0.5) is 18.9 Å². The summed E-state index contributed by atoms with van der Waals surface area (Å²) in [6.45, 7) is 0. The molecule has 0 saturated carbocycles. The number of hydrogen-bond acceptors (Lipinski definition) is 2. The molecule has 0 radical (unpaired) electrons. The van der Waals surface area contributed by atoms with Crippen LogP contribution >= 0.6 is 11.6 Å². The first-order valence-electron chi connectivity index (χ1n) is 4.36. The minimum atomic E-state index is -4.65. The largest absolute Gasteiger partial charge is 0.418 e. The third kappa shape index (κ3) is 3.11. The molecule has 0 atom stereocenters. The lowest BCUT2D eigenvalue weighted by molar-refractivity contribution is -0.137. The number of carbonyl (C=O) groups is 1. The van der Waals surface area contributed by atoms with E-state index in [0.717, 1.165) is 12.1 Å². The number of para-hydroxylation sites is 1. The van der Waals surface area contributed by atoms with Crippen molar-refractivity contribution in [3.63, 3.8) is 0 Å². The predicted molar refractivity (Wildman–Crippen MR) is 55.5 cm³/mol. The Kier molecular flexibility index (Phi) is 3.97. The lowest BCUT2D eigenvalue weighted by atomic mass is 10.1. The van der Waals surface area contributed by atoms with Crippen molar-refractivity contribution in [2.24, 2.45) is 0 Å². The Bertz CT molecular complexity index is 479. The zero-order valence-electron chi connectivity index (χ0n) is 8.31. The summed E-state index contributed by atoms with van der Waals surface area (Å²) < 4.78 is 37.9. The molecule has 1 amide bonds. The number of benzene rings is 1. The maximum Gasteiger partial charge on any atom is 0.418 e. The zero-order valence-corrected chi connectivity index (χ0v) is 9.06. The monoisotopic (exact) mass is 262 g/mol. The topological polar surface area (TPSA) is 52.9 Å². The second-order valence-corrected chi connectivity index (χ2v) is 3.29. The SMILES string of the molecule is N#Cc1cccc(C(F)(F)F)c1NC(=O)CCl. The van der Waals surface area contributed by atoms with Crippen LogP contribution in [0.25, 0.3) is 0 Å². The summed E-state index contributed by atoms with van der Waals surface area (Å²) in [6, 6.07) is 4.64. The second kappa shape index (κ2) is 5.06. The maximum atomic E-state index is 12.6. The van der Waals surface area contributed by atoms with Gasteiger partial charge in [0, 0.05) is 0 Å². The Morgan fingerprint density at radius 1 is 1.47 bits per heavy atom. The molecule has 0 aliphatic carbocycles. The van der Waals surface area contributed by atoms with Crippen molar-refractivity contribution in [3.05, 3.63) is 29.3 Å². The molecule has 0 unspecified atom stereocenters. The molecule has 1 aromatic rings. The van der Waals surface area contributed by atoms with E-state index in [0.29, 0.717) is 0 Å². The summed E-state index contributed by atoms with van der Waals surface area (Å²) in [7, 11) is 0. The van der Waals surface area contributed by atoms with Crippen molar-refractivity contribution in [1.82, 2.24) is 0 Å². The molecule has 1 N–H and O–H groups in total. The fraction of sp³-hybridized carbons (Fsp3) is 0.200. The molecule has 7 heteroatoms. The minimum absolute atomic E-state index is 0.265. The lowest BCUT2D eigenvalue weighted by Gasteiger charge is -2.14. The van der Waals surface area contributed by atoms with Crippen LogP contribution in [0.3, 0.4) is 0 Å². The van der Waals surface area contributed by atoms with Gasteiger partial charge in [-0.1, -0.05) is 6.07 Å². The van der Waals surface area contributed by atoms with Gasteiger partial charge in [0.15, 0.2) is 0 Å². The van der Waals surface area contributed by atoms with Gasteiger partial charge in [0.2, 0.25) is 5.91 Å². The summed E-state index contributed by atoms with van der Waals surface area (Å²) in [5, 5.41) is 10.7. The van der Waals surface area contributed by atoms with Crippen molar-refractivity contribution in [2.75, 3.05) is 11.2 Å². The van der Waals surface area contributed by atoms with Gasteiger partial charge in [0.25, 0.3) is 0 Å². The Morgan fingerprint density at radius 2 is 2.12 bits per heavy atom. The van der Waals surface area contributed by atoms with Gasteiger partial charge in [-0.3, -0.25) is 4.79 Å². The molecule has 0 aliphatic rings. The smallest absolute Gasteiger partial charge is 0.323 e. The quantitative estimate of drug-likeness (QED) is 0.833. The van der Waals surface area contributed by atoms with Gasteiger partial charge in [0.05, 0.1) is 16.8 Å². The fourth-order valence-electron chi connectivity index (χ4n) is 1.19. The molecule has 0 fully saturated rings. The van der Waals surface area contributed by atoms with Gasteiger partial charge in [-0.2, -0.15) is 18.4 Å². The number of rotatable bonds is 2. The number of alkyl halides is 4. The standard InChI is InChI=1S/C10H6ClF3N2O/c11-4-8(17)16-9-6(5-15)2-1-3-7(9)10(12,13)14/h1-3H,4H2,(H,16,17). The Balaban J connectivity index is 3.32. The number of anilines is 1. The highest BCUT2D eigenvalue weighted by atomic mass is 35.5. The third-order valence-corrected chi connectivity index (χ3v) is 2.12. The van der Waals surface area contributed by atoms with E-state index >= 15 is 0 Å². The van der Waals surface area contributed by atoms with E-state index in [1.165, 1.54) is 6.07 Å². The van der Waals surface area contributed by atoms with Gasteiger partial charge >= 0.3 is 6.18 Å². The molecule has 0 spiro atoms. The van der Waals surface area contributed by atoms with E-state index in [9.17, 15) is 18.0 Å². The molecular formula is C10H6ClF3N2O. The second-order valence-electron chi connectivity index (χ2n) is 3.02. The molecule has 90 valence electrons. The van der Waals surface area contributed by atoms with Gasteiger partial charge in [-0.15, -0.1) is 11.6 Å². The van der Waals surface area contributed by atoms with Gasteiger partial charge in [0.1, 0.15) is 11.9 Å². The van der Waals surface area contributed by atoms with Crippen LogP contribution in [-0.2, 0) is 11.0 Å². The number of nitriles is 1. The molecule has 1 rings (SSSR count). The number of carbonyl (C=O) groups excluding carboxylic acids is 1. The Morgan fingerprint density at radius 3 is 2.59 bits per heavy atom. The van der Waals surface area contributed by atoms with Crippen molar-refractivity contribution in [2.45, 2.75) is 6.18 Å². The predicted octanol–water partition coefficient (Wildman–Crippen LogP) is 2.75. The van der Waals surface area contributed by atoms with Crippen LogP contribution in [0.15, 0.2) is 18.2 Å². The van der Waals surface area contributed by atoms with Crippen LogP contribution in [-0.4, -0.2) is 11.8 Å². The molecular weight excluding hydrogens is 257 g/mol. The molecule has 1 aromatic carbocycles. The van der Waals surface area contributed by atoms with Crippen LogP contribution in [0, 0.1) is 11.3 Å². The fourth-order valence-corrected chi connectivity index (χ4v) is 1.26. The van der Waals surface area contributed by atoms with Crippen LogP contribution in [0.2, 0.25) is 0 Å². The molecule has 0 saturated heterocycles. The van der Waals surface area contributed by atoms with Crippen LogP contribution < -0.4 is 5.32 Å². The first-order chi connectivity index (χ1) is 7.90. The summed E-state index contributed by atoms with van der Waals surface area (Å²) in [5.74, 6) is -1.29.